The van der Waals surface area contributed by atoms with E-state index in [1.54, 1.807) is 18.2 Å². The standard InChI is InChI=1S/C19H18N2O5S/c1-14-7-5-6-10-16(14)19-20-17(26-21-19)13-25-18(22)11-12-27(23,24)15-8-3-2-4-9-15/h2-10H,11-13H2,1H3. The molecule has 0 aliphatic rings. The molecular formula is C19H18N2O5S. The summed E-state index contributed by atoms with van der Waals surface area (Å²) in [5.74, 6) is -0.419. The van der Waals surface area contributed by atoms with Crippen molar-refractivity contribution in [1.29, 1.82) is 0 Å². The van der Waals surface area contributed by atoms with Gasteiger partial charge in [-0.1, -0.05) is 47.6 Å². The molecule has 0 fully saturated rings. The summed E-state index contributed by atoms with van der Waals surface area (Å²) in [5.41, 5.74) is 1.82. The van der Waals surface area contributed by atoms with Crippen LogP contribution >= 0.6 is 0 Å². The minimum absolute atomic E-state index is 0.146. The van der Waals surface area contributed by atoms with E-state index in [1.807, 2.05) is 31.2 Å². The van der Waals surface area contributed by atoms with E-state index < -0.39 is 15.8 Å². The lowest BCUT2D eigenvalue weighted by molar-refractivity contribution is -0.145. The number of carbonyl (C=O) groups is 1. The van der Waals surface area contributed by atoms with E-state index in [2.05, 4.69) is 10.1 Å². The second-order valence-corrected chi connectivity index (χ2v) is 7.98. The third kappa shape index (κ3) is 4.79. The van der Waals surface area contributed by atoms with Crippen molar-refractivity contribution in [3.8, 4) is 11.4 Å². The highest BCUT2D eigenvalue weighted by molar-refractivity contribution is 7.91. The second-order valence-electron chi connectivity index (χ2n) is 5.87. The van der Waals surface area contributed by atoms with Crippen LogP contribution in [0.25, 0.3) is 11.4 Å². The normalized spacial score (nSPS) is 11.3. The highest BCUT2D eigenvalue weighted by atomic mass is 32.2. The molecule has 0 amide bonds. The molecule has 0 saturated carbocycles. The molecule has 3 rings (SSSR count). The van der Waals surface area contributed by atoms with Crippen molar-refractivity contribution in [3.05, 3.63) is 66.1 Å². The Morgan fingerprint density at radius 1 is 1.07 bits per heavy atom. The number of ether oxygens (including phenoxy) is 1. The number of sulfone groups is 1. The minimum atomic E-state index is -3.53. The molecule has 0 atom stereocenters. The van der Waals surface area contributed by atoms with Crippen LogP contribution in [-0.4, -0.2) is 30.3 Å². The molecule has 2 aromatic carbocycles. The zero-order valence-corrected chi connectivity index (χ0v) is 15.5. The van der Waals surface area contributed by atoms with E-state index in [9.17, 15) is 13.2 Å². The molecular weight excluding hydrogens is 368 g/mol. The summed E-state index contributed by atoms with van der Waals surface area (Å²) in [6, 6.07) is 15.5. The third-order valence-corrected chi connectivity index (χ3v) is 5.62. The van der Waals surface area contributed by atoms with E-state index in [1.165, 1.54) is 12.1 Å². The number of aryl methyl sites for hydroxylation is 1. The fourth-order valence-electron chi connectivity index (χ4n) is 2.42. The van der Waals surface area contributed by atoms with Crippen molar-refractivity contribution in [2.24, 2.45) is 0 Å². The molecule has 1 aromatic heterocycles. The van der Waals surface area contributed by atoms with Crippen molar-refractivity contribution < 1.29 is 22.5 Å². The number of hydrogen-bond acceptors (Lipinski definition) is 7. The summed E-state index contributed by atoms with van der Waals surface area (Å²) in [6.07, 6.45) is -0.254. The van der Waals surface area contributed by atoms with Crippen LogP contribution in [0.3, 0.4) is 0 Å². The fraction of sp³-hybridized carbons (Fsp3) is 0.211. The number of hydrogen-bond donors (Lipinski definition) is 0. The number of aromatic nitrogens is 2. The van der Waals surface area contributed by atoms with Crippen LogP contribution in [0.2, 0.25) is 0 Å². The van der Waals surface area contributed by atoms with Crippen LogP contribution < -0.4 is 0 Å². The summed E-state index contributed by atoms with van der Waals surface area (Å²) in [7, 11) is -3.53. The van der Waals surface area contributed by atoms with Crippen molar-refractivity contribution >= 4 is 15.8 Å². The van der Waals surface area contributed by atoms with Crippen molar-refractivity contribution in [2.75, 3.05) is 5.75 Å². The molecule has 0 N–H and O–H groups in total. The number of nitrogens with zero attached hydrogens (tertiary/aromatic N) is 2. The van der Waals surface area contributed by atoms with Crippen LogP contribution in [0.5, 0.6) is 0 Å². The second kappa shape index (κ2) is 8.13. The Morgan fingerprint density at radius 3 is 2.52 bits per heavy atom. The van der Waals surface area contributed by atoms with Gasteiger partial charge in [-0.3, -0.25) is 4.79 Å². The summed E-state index contributed by atoms with van der Waals surface area (Å²) < 4.78 is 34.4. The van der Waals surface area contributed by atoms with Crippen LogP contribution in [0.15, 0.2) is 64.0 Å². The summed E-state index contributed by atoms with van der Waals surface area (Å²) in [5, 5.41) is 3.88. The zero-order chi connectivity index (χ0) is 19.3. The van der Waals surface area contributed by atoms with Gasteiger partial charge in [0, 0.05) is 5.56 Å². The first kappa shape index (κ1) is 18.8. The van der Waals surface area contributed by atoms with E-state index in [0.29, 0.717) is 5.82 Å². The lowest BCUT2D eigenvalue weighted by Gasteiger charge is -2.04. The smallest absolute Gasteiger partial charge is 0.307 e. The maximum atomic E-state index is 12.2. The SMILES string of the molecule is Cc1ccccc1-c1noc(COC(=O)CCS(=O)(=O)c2ccccc2)n1. The first-order chi connectivity index (χ1) is 13.0. The van der Waals surface area contributed by atoms with Gasteiger partial charge in [-0.05, 0) is 24.6 Å². The summed E-state index contributed by atoms with van der Waals surface area (Å²) in [6.45, 7) is 1.72. The van der Waals surface area contributed by atoms with Gasteiger partial charge in [0.1, 0.15) is 0 Å². The highest BCUT2D eigenvalue weighted by Crippen LogP contribution is 2.20. The van der Waals surface area contributed by atoms with Crippen molar-refractivity contribution in [3.63, 3.8) is 0 Å². The zero-order valence-electron chi connectivity index (χ0n) is 14.7. The van der Waals surface area contributed by atoms with Gasteiger partial charge in [0.05, 0.1) is 17.1 Å². The first-order valence-corrected chi connectivity index (χ1v) is 9.93. The maximum absolute atomic E-state index is 12.2. The van der Waals surface area contributed by atoms with Gasteiger partial charge in [-0.25, -0.2) is 8.42 Å². The Hall–Kier alpha value is -3.00. The molecule has 1 heterocycles. The molecule has 0 radical (unpaired) electrons. The molecule has 0 aliphatic carbocycles. The topological polar surface area (TPSA) is 99.4 Å². The average molecular weight is 386 g/mol. The molecule has 27 heavy (non-hydrogen) atoms. The molecule has 0 saturated heterocycles. The van der Waals surface area contributed by atoms with Crippen LogP contribution in [0.4, 0.5) is 0 Å². The van der Waals surface area contributed by atoms with E-state index in [4.69, 9.17) is 9.26 Å². The fourth-order valence-corrected chi connectivity index (χ4v) is 3.67. The Morgan fingerprint density at radius 2 is 1.78 bits per heavy atom. The lowest BCUT2D eigenvalue weighted by atomic mass is 10.1. The quantitative estimate of drug-likeness (QED) is 0.576. The number of esters is 1. The van der Waals surface area contributed by atoms with E-state index in [-0.39, 0.29) is 29.6 Å². The van der Waals surface area contributed by atoms with Gasteiger partial charge >= 0.3 is 5.97 Å². The Balaban J connectivity index is 1.54. The lowest BCUT2D eigenvalue weighted by Crippen LogP contribution is -2.13. The molecule has 140 valence electrons. The molecule has 8 heteroatoms. The highest BCUT2D eigenvalue weighted by Gasteiger charge is 2.18. The van der Waals surface area contributed by atoms with Gasteiger partial charge in [0.25, 0.3) is 5.89 Å². The molecule has 3 aromatic rings. The van der Waals surface area contributed by atoms with Gasteiger partial charge in [-0.15, -0.1) is 0 Å². The Kier molecular flexibility index (Phi) is 5.66. The predicted molar refractivity (Wildman–Crippen MR) is 97.4 cm³/mol. The van der Waals surface area contributed by atoms with E-state index >= 15 is 0 Å². The van der Waals surface area contributed by atoms with Crippen molar-refractivity contribution in [2.45, 2.75) is 24.8 Å². The van der Waals surface area contributed by atoms with Crippen LogP contribution in [-0.2, 0) is 26.0 Å². The number of rotatable bonds is 7. The number of carbonyl (C=O) groups excluding carboxylic acids is 1. The van der Waals surface area contributed by atoms with E-state index in [0.717, 1.165) is 11.1 Å². The predicted octanol–water partition coefficient (Wildman–Crippen LogP) is 2.95. The van der Waals surface area contributed by atoms with Gasteiger partial charge in [0.2, 0.25) is 5.82 Å². The van der Waals surface area contributed by atoms with Crippen LogP contribution in [0, 0.1) is 6.92 Å². The minimum Gasteiger partial charge on any atom is -0.456 e. The Bertz CT molecular complexity index is 1030. The average Bonchev–Trinajstić information content (AvgIpc) is 3.15. The van der Waals surface area contributed by atoms with Gasteiger partial charge in [0.15, 0.2) is 16.4 Å². The first-order valence-electron chi connectivity index (χ1n) is 8.28. The summed E-state index contributed by atoms with van der Waals surface area (Å²) in [4.78, 5) is 16.2. The van der Waals surface area contributed by atoms with Gasteiger partial charge in [-0.2, -0.15) is 4.98 Å². The Labute approximate surface area is 156 Å². The maximum Gasteiger partial charge on any atom is 0.307 e. The van der Waals surface area contributed by atoms with Crippen LogP contribution in [0.1, 0.15) is 17.9 Å². The van der Waals surface area contributed by atoms with Gasteiger partial charge < -0.3 is 9.26 Å². The monoisotopic (exact) mass is 386 g/mol. The molecule has 7 nitrogen and oxygen atoms in total. The molecule has 0 aliphatic heterocycles. The largest absolute Gasteiger partial charge is 0.456 e. The molecule has 0 spiro atoms. The third-order valence-electron chi connectivity index (χ3n) is 3.89. The summed E-state index contributed by atoms with van der Waals surface area (Å²) >= 11 is 0. The number of benzene rings is 2. The molecule has 0 bridgehead atoms. The molecule has 0 unspecified atom stereocenters. The van der Waals surface area contributed by atoms with Crippen molar-refractivity contribution in [1.82, 2.24) is 10.1 Å².